The number of likely N-dealkylation sites (tertiary alicyclic amines) is 1. The molecular weight excluding hydrogens is 374 g/mol. The van der Waals surface area contributed by atoms with E-state index >= 15 is 0 Å². The fourth-order valence-electron chi connectivity index (χ4n) is 3.22. The zero-order chi connectivity index (χ0) is 20.6. The molecule has 1 aliphatic heterocycles. The van der Waals surface area contributed by atoms with Crippen LogP contribution in [0.3, 0.4) is 0 Å². The molecule has 1 aromatic carbocycles. The molecule has 8 nitrogen and oxygen atoms in total. The Morgan fingerprint density at radius 3 is 2.59 bits per heavy atom. The predicted molar refractivity (Wildman–Crippen MR) is 108 cm³/mol. The maximum Gasteiger partial charge on any atom is 0.309 e. The molecule has 2 amide bonds. The van der Waals surface area contributed by atoms with Crippen molar-refractivity contribution in [2.24, 2.45) is 5.92 Å². The van der Waals surface area contributed by atoms with Gasteiger partial charge in [-0.2, -0.15) is 0 Å². The Bertz CT molecular complexity index is 842. The standard InChI is InChI=1S/C21H25N3O5/c1-2-28-21(27)15-8-10-24(11-9-15)19(25)14-22-16-5-3-6-17(13-16)23-20(26)18-7-4-12-29-18/h3-7,12-13,15,22H,2,8-11,14H2,1H3,(H,23,26). The number of anilines is 2. The van der Waals surface area contributed by atoms with Crippen molar-refractivity contribution >= 4 is 29.2 Å². The van der Waals surface area contributed by atoms with E-state index in [0.717, 1.165) is 5.69 Å². The number of nitrogens with one attached hydrogen (secondary N) is 2. The first-order valence-electron chi connectivity index (χ1n) is 9.70. The number of esters is 1. The molecule has 1 fully saturated rings. The van der Waals surface area contributed by atoms with Crippen LogP contribution in [-0.2, 0) is 14.3 Å². The Morgan fingerprint density at radius 1 is 1.14 bits per heavy atom. The van der Waals surface area contributed by atoms with Crippen molar-refractivity contribution in [2.45, 2.75) is 19.8 Å². The predicted octanol–water partition coefficient (Wildman–Crippen LogP) is 2.75. The molecule has 0 spiro atoms. The molecule has 2 heterocycles. The molecule has 8 heteroatoms. The van der Waals surface area contributed by atoms with E-state index in [-0.39, 0.29) is 36.0 Å². The summed E-state index contributed by atoms with van der Waals surface area (Å²) in [4.78, 5) is 38.1. The van der Waals surface area contributed by atoms with Crippen LogP contribution >= 0.6 is 0 Å². The first-order valence-corrected chi connectivity index (χ1v) is 9.70. The van der Waals surface area contributed by atoms with E-state index in [2.05, 4.69) is 10.6 Å². The van der Waals surface area contributed by atoms with Crippen molar-refractivity contribution in [3.05, 3.63) is 48.4 Å². The van der Waals surface area contributed by atoms with Crippen LogP contribution in [0.2, 0.25) is 0 Å². The summed E-state index contributed by atoms with van der Waals surface area (Å²) in [6, 6.07) is 10.3. The Labute approximate surface area is 169 Å². The summed E-state index contributed by atoms with van der Waals surface area (Å²) in [6.07, 6.45) is 2.69. The van der Waals surface area contributed by atoms with Crippen LogP contribution in [0.4, 0.5) is 11.4 Å². The molecule has 3 rings (SSSR count). The number of ether oxygens (including phenoxy) is 1. The molecule has 0 bridgehead atoms. The van der Waals surface area contributed by atoms with Gasteiger partial charge in [0.25, 0.3) is 5.91 Å². The summed E-state index contributed by atoms with van der Waals surface area (Å²) in [7, 11) is 0. The zero-order valence-corrected chi connectivity index (χ0v) is 16.3. The quantitative estimate of drug-likeness (QED) is 0.695. The summed E-state index contributed by atoms with van der Waals surface area (Å²) < 4.78 is 10.1. The number of carbonyl (C=O) groups is 3. The van der Waals surface area contributed by atoms with E-state index in [1.807, 2.05) is 6.07 Å². The van der Waals surface area contributed by atoms with Crippen LogP contribution in [0, 0.1) is 5.92 Å². The number of piperidine rings is 1. The van der Waals surface area contributed by atoms with Crippen LogP contribution < -0.4 is 10.6 Å². The van der Waals surface area contributed by atoms with Gasteiger partial charge in [-0.05, 0) is 50.1 Å². The van der Waals surface area contributed by atoms with Crippen molar-refractivity contribution in [1.82, 2.24) is 4.90 Å². The third-order valence-electron chi connectivity index (χ3n) is 4.78. The van der Waals surface area contributed by atoms with Gasteiger partial charge in [0.05, 0.1) is 25.3 Å². The molecule has 2 N–H and O–H groups in total. The second kappa shape index (κ2) is 9.77. The highest BCUT2D eigenvalue weighted by atomic mass is 16.5. The topological polar surface area (TPSA) is 101 Å². The van der Waals surface area contributed by atoms with Gasteiger partial charge in [0, 0.05) is 24.5 Å². The zero-order valence-electron chi connectivity index (χ0n) is 16.3. The van der Waals surface area contributed by atoms with Gasteiger partial charge >= 0.3 is 5.97 Å². The fourth-order valence-corrected chi connectivity index (χ4v) is 3.22. The van der Waals surface area contributed by atoms with Gasteiger partial charge in [0.15, 0.2) is 5.76 Å². The maximum absolute atomic E-state index is 12.5. The largest absolute Gasteiger partial charge is 0.466 e. The first kappa shape index (κ1) is 20.4. The molecule has 1 aliphatic rings. The van der Waals surface area contributed by atoms with Gasteiger partial charge in [0.1, 0.15) is 0 Å². The molecule has 0 saturated carbocycles. The van der Waals surface area contributed by atoms with Crippen molar-refractivity contribution < 1.29 is 23.5 Å². The average Bonchev–Trinajstić information content (AvgIpc) is 3.28. The van der Waals surface area contributed by atoms with Crippen LogP contribution in [-0.4, -0.2) is 48.9 Å². The number of hydrogen-bond donors (Lipinski definition) is 2. The lowest BCUT2D eigenvalue weighted by atomic mass is 9.97. The fraction of sp³-hybridized carbons (Fsp3) is 0.381. The van der Waals surface area contributed by atoms with Crippen molar-refractivity contribution in [2.75, 3.05) is 36.9 Å². The third kappa shape index (κ3) is 5.60. The number of hydrogen-bond acceptors (Lipinski definition) is 6. The van der Waals surface area contributed by atoms with Crippen LogP contribution in [0.1, 0.15) is 30.3 Å². The summed E-state index contributed by atoms with van der Waals surface area (Å²) >= 11 is 0. The van der Waals surface area contributed by atoms with Gasteiger partial charge in [-0.1, -0.05) is 6.07 Å². The van der Waals surface area contributed by atoms with E-state index in [9.17, 15) is 14.4 Å². The van der Waals surface area contributed by atoms with Crippen molar-refractivity contribution in [1.29, 1.82) is 0 Å². The highest BCUT2D eigenvalue weighted by Gasteiger charge is 2.27. The second-order valence-electron chi connectivity index (χ2n) is 6.77. The van der Waals surface area contributed by atoms with E-state index in [0.29, 0.717) is 38.2 Å². The SMILES string of the molecule is CCOC(=O)C1CCN(C(=O)CNc2cccc(NC(=O)c3ccco3)c2)CC1. The molecule has 1 saturated heterocycles. The molecule has 154 valence electrons. The highest BCUT2D eigenvalue weighted by molar-refractivity contribution is 6.02. The number of carbonyl (C=O) groups excluding carboxylic acids is 3. The van der Waals surface area contributed by atoms with Gasteiger partial charge in [-0.3, -0.25) is 14.4 Å². The number of furan rings is 1. The van der Waals surface area contributed by atoms with Crippen molar-refractivity contribution in [3.8, 4) is 0 Å². The lowest BCUT2D eigenvalue weighted by molar-refractivity contribution is -0.151. The molecule has 0 radical (unpaired) electrons. The Hall–Kier alpha value is -3.29. The Balaban J connectivity index is 1.47. The minimum Gasteiger partial charge on any atom is -0.466 e. The van der Waals surface area contributed by atoms with Crippen LogP contribution in [0.5, 0.6) is 0 Å². The molecule has 0 aliphatic carbocycles. The van der Waals surface area contributed by atoms with Crippen LogP contribution in [0.25, 0.3) is 0 Å². The summed E-state index contributed by atoms with van der Waals surface area (Å²) in [5, 5.41) is 5.84. The number of rotatable bonds is 7. The maximum atomic E-state index is 12.5. The Morgan fingerprint density at radius 2 is 1.90 bits per heavy atom. The number of nitrogens with zero attached hydrogens (tertiary/aromatic N) is 1. The average molecular weight is 399 g/mol. The van der Waals surface area contributed by atoms with Crippen LogP contribution in [0.15, 0.2) is 47.1 Å². The molecule has 0 unspecified atom stereocenters. The lowest BCUT2D eigenvalue weighted by Gasteiger charge is -2.31. The highest BCUT2D eigenvalue weighted by Crippen LogP contribution is 2.20. The van der Waals surface area contributed by atoms with E-state index in [1.54, 1.807) is 42.2 Å². The third-order valence-corrected chi connectivity index (χ3v) is 4.78. The molecular formula is C21H25N3O5. The van der Waals surface area contributed by atoms with Gasteiger partial charge in [-0.15, -0.1) is 0 Å². The summed E-state index contributed by atoms with van der Waals surface area (Å²) in [5.74, 6) is -0.442. The van der Waals surface area contributed by atoms with E-state index in [1.165, 1.54) is 6.26 Å². The Kier molecular flexibility index (Phi) is 6.89. The van der Waals surface area contributed by atoms with Gasteiger partial charge in [0.2, 0.25) is 5.91 Å². The van der Waals surface area contributed by atoms with Crippen molar-refractivity contribution in [3.63, 3.8) is 0 Å². The molecule has 0 atom stereocenters. The summed E-state index contributed by atoms with van der Waals surface area (Å²) in [5.41, 5.74) is 1.32. The minimum absolute atomic E-state index is 0.0302. The second-order valence-corrected chi connectivity index (χ2v) is 6.77. The number of benzene rings is 1. The molecule has 29 heavy (non-hydrogen) atoms. The van der Waals surface area contributed by atoms with Gasteiger partial charge in [-0.25, -0.2) is 0 Å². The smallest absolute Gasteiger partial charge is 0.309 e. The summed E-state index contributed by atoms with van der Waals surface area (Å²) in [6.45, 7) is 3.40. The first-order chi connectivity index (χ1) is 14.1. The van der Waals surface area contributed by atoms with E-state index < -0.39 is 0 Å². The lowest BCUT2D eigenvalue weighted by Crippen LogP contribution is -2.43. The molecule has 2 aromatic rings. The molecule has 1 aromatic heterocycles. The minimum atomic E-state index is -0.340. The number of amides is 2. The van der Waals surface area contributed by atoms with Gasteiger partial charge < -0.3 is 24.7 Å². The monoisotopic (exact) mass is 399 g/mol. The van der Waals surface area contributed by atoms with E-state index in [4.69, 9.17) is 9.15 Å². The normalized spacial score (nSPS) is 14.3.